The molecule has 1 amide bonds. The summed E-state index contributed by atoms with van der Waals surface area (Å²) in [5, 5.41) is 7.13. The predicted octanol–water partition coefficient (Wildman–Crippen LogP) is 4.61. The molecule has 1 fully saturated rings. The number of rotatable bonds is 4. The van der Waals surface area contributed by atoms with E-state index < -0.39 is 0 Å². The molecule has 0 radical (unpaired) electrons. The van der Waals surface area contributed by atoms with Gasteiger partial charge in [-0.2, -0.15) is 11.3 Å². The third-order valence-electron chi connectivity index (χ3n) is 4.88. The molecule has 138 valence electrons. The van der Waals surface area contributed by atoms with Crippen molar-refractivity contribution in [1.29, 1.82) is 0 Å². The molecule has 3 heterocycles. The molecule has 3 aromatic rings. The van der Waals surface area contributed by atoms with Gasteiger partial charge in [-0.25, -0.2) is 9.97 Å². The van der Waals surface area contributed by atoms with Gasteiger partial charge in [0.05, 0.1) is 11.3 Å². The van der Waals surface area contributed by atoms with E-state index in [-0.39, 0.29) is 11.8 Å². The van der Waals surface area contributed by atoms with Crippen LogP contribution in [0.2, 0.25) is 0 Å². The number of aromatic nitrogens is 2. The number of anilines is 2. The number of carbonyl (C=O) groups is 1. The van der Waals surface area contributed by atoms with E-state index >= 15 is 0 Å². The van der Waals surface area contributed by atoms with Crippen molar-refractivity contribution >= 4 is 28.9 Å². The average Bonchev–Trinajstić information content (AvgIpc) is 3.24. The topological polar surface area (TPSA) is 58.1 Å². The first-order valence-corrected chi connectivity index (χ1v) is 10.1. The largest absolute Gasteiger partial charge is 0.338 e. The first-order valence-electron chi connectivity index (χ1n) is 9.17. The van der Waals surface area contributed by atoms with Gasteiger partial charge in [0.2, 0.25) is 5.95 Å². The molecule has 1 atom stereocenters. The molecular formula is C21H22N4OS. The number of carbonyl (C=O) groups excluding carboxylic acids is 1. The lowest BCUT2D eigenvalue weighted by molar-refractivity contribution is 0.0706. The number of nitrogens with zero attached hydrogens (tertiary/aromatic N) is 3. The molecule has 1 N–H and O–H groups in total. The third kappa shape index (κ3) is 4.17. The van der Waals surface area contributed by atoms with Gasteiger partial charge in [-0.3, -0.25) is 4.79 Å². The summed E-state index contributed by atoms with van der Waals surface area (Å²) in [7, 11) is 0. The Balaban J connectivity index is 1.47. The van der Waals surface area contributed by atoms with Crippen molar-refractivity contribution in [2.24, 2.45) is 0 Å². The lowest BCUT2D eigenvalue weighted by Gasteiger charge is -2.32. The quantitative estimate of drug-likeness (QED) is 0.720. The Morgan fingerprint density at radius 2 is 2.07 bits per heavy atom. The molecule has 2 aromatic heterocycles. The standard InChI is InChI=1S/C21H22N4OS/c1-15-4-6-18(7-5-15)23-21-22-10-8-19(24-21)16-3-2-11-25(13-16)20(26)17-9-12-27-14-17/h4-10,12,14,16H,2-3,11,13H2,1H3,(H,22,23,24)/t16-/m0/s1. The van der Waals surface area contributed by atoms with E-state index in [9.17, 15) is 4.79 Å². The summed E-state index contributed by atoms with van der Waals surface area (Å²) in [4.78, 5) is 23.7. The zero-order chi connectivity index (χ0) is 18.6. The van der Waals surface area contributed by atoms with Crippen molar-refractivity contribution in [3.63, 3.8) is 0 Å². The third-order valence-corrected chi connectivity index (χ3v) is 5.56. The zero-order valence-corrected chi connectivity index (χ0v) is 16.1. The van der Waals surface area contributed by atoms with Crippen LogP contribution >= 0.6 is 11.3 Å². The molecule has 0 aliphatic carbocycles. The van der Waals surface area contributed by atoms with Crippen LogP contribution in [0.5, 0.6) is 0 Å². The lowest BCUT2D eigenvalue weighted by Crippen LogP contribution is -2.39. The van der Waals surface area contributed by atoms with Crippen LogP contribution in [0.15, 0.2) is 53.4 Å². The van der Waals surface area contributed by atoms with Crippen LogP contribution in [0.3, 0.4) is 0 Å². The number of likely N-dealkylation sites (tertiary alicyclic amines) is 1. The Labute approximate surface area is 163 Å². The number of benzene rings is 1. The van der Waals surface area contributed by atoms with Crippen molar-refractivity contribution in [2.45, 2.75) is 25.7 Å². The molecule has 0 saturated carbocycles. The van der Waals surface area contributed by atoms with Crippen molar-refractivity contribution in [1.82, 2.24) is 14.9 Å². The maximum absolute atomic E-state index is 12.7. The summed E-state index contributed by atoms with van der Waals surface area (Å²) in [5.74, 6) is 0.952. The van der Waals surface area contributed by atoms with Crippen LogP contribution in [0, 0.1) is 6.92 Å². The van der Waals surface area contributed by atoms with Gasteiger partial charge in [-0.05, 0) is 49.4 Å². The molecule has 5 nitrogen and oxygen atoms in total. The fraction of sp³-hybridized carbons (Fsp3) is 0.286. The summed E-state index contributed by atoms with van der Waals surface area (Å²) in [6.45, 7) is 3.58. The second-order valence-corrected chi connectivity index (χ2v) is 7.68. The Morgan fingerprint density at radius 3 is 2.85 bits per heavy atom. The molecule has 0 spiro atoms. The normalized spacial score (nSPS) is 16.9. The fourth-order valence-corrected chi connectivity index (χ4v) is 4.03. The van der Waals surface area contributed by atoms with E-state index in [1.54, 1.807) is 17.5 Å². The summed E-state index contributed by atoms with van der Waals surface area (Å²) in [5.41, 5.74) is 3.95. The fourth-order valence-electron chi connectivity index (χ4n) is 3.40. The summed E-state index contributed by atoms with van der Waals surface area (Å²) < 4.78 is 0. The molecule has 1 aliphatic heterocycles. The highest BCUT2D eigenvalue weighted by atomic mass is 32.1. The van der Waals surface area contributed by atoms with E-state index in [0.29, 0.717) is 12.5 Å². The van der Waals surface area contributed by atoms with E-state index in [1.807, 2.05) is 39.9 Å². The molecular weight excluding hydrogens is 356 g/mol. The van der Waals surface area contributed by atoms with Gasteiger partial charge in [0, 0.05) is 36.3 Å². The van der Waals surface area contributed by atoms with Gasteiger partial charge in [-0.1, -0.05) is 17.7 Å². The second-order valence-electron chi connectivity index (χ2n) is 6.90. The molecule has 0 bridgehead atoms. The molecule has 1 saturated heterocycles. The minimum absolute atomic E-state index is 0.119. The number of amides is 1. The smallest absolute Gasteiger partial charge is 0.254 e. The number of thiophene rings is 1. The minimum atomic E-state index is 0.119. The first-order chi connectivity index (χ1) is 13.2. The Kier molecular flexibility index (Phi) is 5.16. The minimum Gasteiger partial charge on any atom is -0.338 e. The molecule has 1 aromatic carbocycles. The van der Waals surface area contributed by atoms with Crippen LogP contribution in [0.4, 0.5) is 11.6 Å². The van der Waals surface area contributed by atoms with Crippen LogP contribution in [0.25, 0.3) is 0 Å². The van der Waals surface area contributed by atoms with Gasteiger partial charge in [0.15, 0.2) is 0 Å². The van der Waals surface area contributed by atoms with Crippen molar-refractivity contribution in [3.8, 4) is 0 Å². The maximum Gasteiger partial charge on any atom is 0.254 e. The second kappa shape index (κ2) is 7.88. The van der Waals surface area contributed by atoms with Crippen molar-refractivity contribution in [2.75, 3.05) is 18.4 Å². The van der Waals surface area contributed by atoms with Crippen molar-refractivity contribution in [3.05, 3.63) is 70.2 Å². The highest BCUT2D eigenvalue weighted by molar-refractivity contribution is 7.08. The number of aryl methyl sites for hydroxylation is 1. The highest BCUT2D eigenvalue weighted by Gasteiger charge is 2.26. The van der Waals surface area contributed by atoms with Gasteiger partial charge in [-0.15, -0.1) is 0 Å². The summed E-state index contributed by atoms with van der Waals surface area (Å²) >= 11 is 1.56. The molecule has 27 heavy (non-hydrogen) atoms. The number of nitrogens with one attached hydrogen (secondary N) is 1. The summed E-state index contributed by atoms with van der Waals surface area (Å²) in [6.07, 6.45) is 3.82. The highest BCUT2D eigenvalue weighted by Crippen LogP contribution is 2.27. The van der Waals surface area contributed by atoms with Gasteiger partial charge < -0.3 is 10.2 Å². The summed E-state index contributed by atoms with van der Waals surface area (Å²) in [6, 6.07) is 12.0. The first kappa shape index (κ1) is 17.7. The van der Waals surface area contributed by atoms with E-state index in [1.165, 1.54) is 5.56 Å². The van der Waals surface area contributed by atoms with Crippen LogP contribution in [-0.2, 0) is 0 Å². The van der Waals surface area contributed by atoms with Crippen LogP contribution in [-0.4, -0.2) is 33.9 Å². The van der Waals surface area contributed by atoms with Crippen LogP contribution in [0.1, 0.15) is 40.4 Å². The van der Waals surface area contributed by atoms with Gasteiger partial charge in [0.25, 0.3) is 5.91 Å². The van der Waals surface area contributed by atoms with E-state index in [4.69, 9.17) is 4.98 Å². The van der Waals surface area contributed by atoms with Crippen molar-refractivity contribution < 1.29 is 4.79 Å². The Bertz CT molecular complexity index is 908. The van der Waals surface area contributed by atoms with Crippen LogP contribution < -0.4 is 5.32 Å². The lowest BCUT2D eigenvalue weighted by atomic mass is 9.94. The van der Waals surface area contributed by atoms with Gasteiger partial charge in [0.1, 0.15) is 0 Å². The van der Waals surface area contributed by atoms with E-state index in [0.717, 1.165) is 36.3 Å². The average molecular weight is 379 g/mol. The van der Waals surface area contributed by atoms with Gasteiger partial charge >= 0.3 is 0 Å². The zero-order valence-electron chi connectivity index (χ0n) is 15.3. The SMILES string of the molecule is Cc1ccc(Nc2nccc([C@H]3CCCN(C(=O)c4ccsc4)C3)n2)cc1. The van der Waals surface area contributed by atoms with E-state index in [2.05, 4.69) is 29.4 Å². The monoisotopic (exact) mass is 378 g/mol. The Morgan fingerprint density at radius 1 is 1.22 bits per heavy atom. The molecule has 4 rings (SSSR count). The number of hydrogen-bond donors (Lipinski definition) is 1. The molecule has 1 aliphatic rings. The molecule has 6 heteroatoms. The Hall–Kier alpha value is -2.73. The molecule has 0 unspecified atom stereocenters. The number of hydrogen-bond acceptors (Lipinski definition) is 5. The maximum atomic E-state index is 12.7. The number of piperidine rings is 1. The predicted molar refractivity (Wildman–Crippen MR) is 109 cm³/mol.